The Hall–Kier alpha value is -2.44. The maximum Gasteiger partial charge on any atom is 0.326 e. The highest BCUT2D eigenvalue weighted by Crippen LogP contribution is 2.11. The van der Waals surface area contributed by atoms with Gasteiger partial charge >= 0.3 is 11.9 Å². The standard InChI is InChI=1S/C13H14FNO5/c1-7-2-3-9(14)8(6-7)12(18)15-10(13(19)20)4-5-11(16)17/h2-3,6,10H,4-5H2,1H3,(H,15,18)(H,16,17)(H,19,20)/t10-/m0/s1. The molecule has 1 amide bonds. The number of carboxylic acids is 2. The zero-order chi connectivity index (χ0) is 15.3. The number of rotatable bonds is 6. The highest BCUT2D eigenvalue weighted by molar-refractivity contribution is 5.97. The first-order chi connectivity index (χ1) is 9.31. The molecule has 0 bridgehead atoms. The van der Waals surface area contributed by atoms with E-state index in [1.54, 1.807) is 6.92 Å². The van der Waals surface area contributed by atoms with Gasteiger partial charge in [0, 0.05) is 6.42 Å². The smallest absolute Gasteiger partial charge is 0.326 e. The third kappa shape index (κ3) is 4.34. The number of hydrogen-bond donors (Lipinski definition) is 3. The van der Waals surface area contributed by atoms with Crippen LogP contribution in [0.5, 0.6) is 0 Å². The fourth-order valence-corrected chi connectivity index (χ4v) is 1.57. The molecule has 108 valence electrons. The second kappa shape index (κ2) is 6.65. The molecule has 0 aliphatic rings. The first-order valence-corrected chi connectivity index (χ1v) is 5.83. The Kier molecular flexibility index (Phi) is 5.19. The Morgan fingerprint density at radius 2 is 1.95 bits per heavy atom. The molecule has 0 aliphatic heterocycles. The van der Waals surface area contributed by atoms with Gasteiger partial charge in [0.2, 0.25) is 0 Å². The molecule has 6 nitrogen and oxygen atoms in total. The fourth-order valence-electron chi connectivity index (χ4n) is 1.57. The normalized spacial score (nSPS) is 11.7. The van der Waals surface area contributed by atoms with Crippen molar-refractivity contribution in [3.8, 4) is 0 Å². The van der Waals surface area contributed by atoms with Crippen molar-refractivity contribution >= 4 is 17.8 Å². The molecule has 3 N–H and O–H groups in total. The molecule has 0 heterocycles. The molecule has 0 unspecified atom stereocenters. The minimum Gasteiger partial charge on any atom is -0.481 e. The largest absolute Gasteiger partial charge is 0.481 e. The average Bonchev–Trinajstić information content (AvgIpc) is 2.36. The van der Waals surface area contributed by atoms with Gasteiger partial charge in [-0.05, 0) is 25.5 Å². The summed E-state index contributed by atoms with van der Waals surface area (Å²) < 4.78 is 13.5. The third-order valence-electron chi connectivity index (χ3n) is 2.62. The summed E-state index contributed by atoms with van der Waals surface area (Å²) in [6.07, 6.45) is -0.683. The summed E-state index contributed by atoms with van der Waals surface area (Å²) in [6, 6.07) is 2.50. The van der Waals surface area contributed by atoms with Crippen LogP contribution in [-0.4, -0.2) is 34.1 Å². The van der Waals surface area contributed by atoms with Gasteiger partial charge in [-0.1, -0.05) is 11.6 Å². The maximum atomic E-state index is 13.5. The Morgan fingerprint density at radius 1 is 1.30 bits per heavy atom. The van der Waals surface area contributed by atoms with E-state index in [2.05, 4.69) is 5.32 Å². The molecule has 1 atom stereocenters. The lowest BCUT2D eigenvalue weighted by Crippen LogP contribution is -2.41. The average molecular weight is 283 g/mol. The van der Waals surface area contributed by atoms with Crippen LogP contribution < -0.4 is 5.32 Å². The molecular weight excluding hydrogens is 269 g/mol. The van der Waals surface area contributed by atoms with E-state index in [9.17, 15) is 18.8 Å². The quantitative estimate of drug-likeness (QED) is 0.727. The molecule has 1 rings (SSSR count). The van der Waals surface area contributed by atoms with Gasteiger partial charge in [-0.25, -0.2) is 9.18 Å². The van der Waals surface area contributed by atoms with E-state index in [0.717, 1.165) is 6.07 Å². The molecule has 0 saturated heterocycles. The lowest BCUT2D eigenvalue weighted by molar-refractivity contribution is -0.140. The summed E-state index contributed by atoms with van der Waals surface area (Å²) in [6.45, 7) is 1.66. The van der Waals surface area contributed by atoms with Crippen molar-refractivity contribution in [2.24, 2.45) is 0 Å². The first kappa shape index (κ1) is 15.6. The second-order valence-electron chi connectivity index (χ2n) is 4.28. The fraction of sp³-hybridized carbons (Fsp3) is 0.308. The van der Waals surface area contributed by atoms with Gasteiger partial charge in [0.15, 0.2) is 0 Å². The molecule has 1 aromatic carbocycles. The minimum absolute atomic E-state index is 0.272. The predicted octanol–water partition coefficient (Wildman–Crippen LogP) is 1.18. The molecule has 0 spiro atoms. The number of nitrogens with one attached hydrogen (secondary N) is 1. The van der Waals surface area contributed by atoms with Gasteiger partial charge < -0.3 is 15.5 Å². The monoisotopic (exact) mass is 283 g/mol. The summed E-state index contributed by atoms with van der Waals surface area (Å²) >= 11 is 0. The lowest BCUT2D eigenvalue weighted by Gasteiger charge is -2.14. The number of halogens is 1. The van der Waals surface area contributed by atoms with Crippen molar-refractivity contribution in [2.45, 2.75) is 25.8 Å². The number of benzene rings is 1. The van der Waals surface area contributed by atoms with E-state index in [0.29, 0.717) is 5.56 Å². The van der Waals surface area contributed by atoms with Crippen LogP contribution in [0, 0.1) is 12.7 Å². The van der Waals surface area contributed by atoms with Crippen molar-refractivity contribution < 1.29 is 29.0 Å². The number of hydrogen-bond acceptors (Lipinski definition) is 3. The Labute approximate surface area is 114 Å². The van der Waals surface area contributed by atoms with Crippen LogP contribution in [0.3, 0.4) is 0 Å². The van der Waals surface area contributed by atoms with Gasteiger partial charge in [-0.3, -0.25) is 9.59 Å². The van der Waals surface area contributed by atoms with Crippen LogP contribution in [0.25, 0.3) is 0 Å². The molecule has 20 heavy (non-hydrogen) atoms. The van der Waals surface area contributed by atoms with Crippen LogP contribution >= 0.6 is 0 Å². The maximum absolute atomic E-state index is 13.5. The zero-order valence-corrected chi connectivity index (χ0v) is 10.7. The molecular formula is C13H14FNO5. The molecule has 0 radical (unpaired) electrons. The lowest BCUT2D eigenvalue weighted by atomic mass is 10.1. The van der Waals surface area contributed by atoms with Gasteiger partial charge in [-0.2, -0.15) is 0 Å². The number of carbonyl (C=O) groups excluding carboxylic acids is 1. The Morgan fingerprint density at radius 3 is 2.50 bits per heavy atom. The summed E-state index contributed by atoms with van der Waals surface area (Å²) in [7, 11) is 0. The van der Waals surface area contributed by atoms with Gasteiger partial charge in [0.05, 0.1) is 5.56 Å². The molecule has 1 aromatic rings. The number of carbonyl (C=O) groups is 3. The van der Waals surface area contributed by atoms with E-state index < -0.39 is 36.1 Å². The number of aliphatic carboxylic acids is 2. The summed E-state index contributed by atoms with van der Waals surface area (Å²) in [5, 5.41) is 19.5. The zero-order valence-electron chi connectivity index (χ0n) is 10.7. The number of aryl methyl sites for hydroxylation is 1. The van der Waals surface area contributed by atoms with Crippen molar-refractivity contribution in [2.75, 3.05) is 0 Å². The van der Waals surface area contributed by atoms with Crippen LogP contribution in [0.1, 0.15) is 28.8 Å². The molecule has 0 aliphatic carbocycles. The molecule has 7 heteroatoms. The topological polar surface area (TPSA) is 104 Å². The Bertz CT molecular complexity index is 544. The first-order valence-electron chi connectivity index (χ1n) is 5.83. The Balaban J connectivity index is 2.82. The predicted molar refractivity (Wildman–Crippen MR) is 66.9 cm³/mol. The van der Waals surface area contributed by atoms with E-state index in [4.69, 9.17) is 10.2 Å². The van der Waals surface area contributed by atoms with Crippen molar-refractivity contribution in [3.63, 3.8) is 0 Å². The van der Waals surface area contributed by atoms with Crippen LogP contribution in [-0.2, 0) is 9.59 Å². The van der Waals surface area contributed by atoms with E-state index in [-0.39, 0.29) is 12.0 Å². The molecule has 0 fully saturated rings. The summed E-state index contributed by atoms with van der Waals surface area (Å²) in [5.74, 6) is -4.20. The van der Waals surface area contributed by atoms with Crippen molar-refractivity contribution in [1.82, 2.24) is 5.32 Å². The van der Waals surface area contributed by atoms with Crippen LogP contribution in [0.15, 0.2) is 18.2 Å². The molecule has 0 saturated carbocycles. The third-order valence-corrected chi connectivity index (χ3v) is 2.62. The van der Waals surface area contributed by atoms with Gasteiger partial charge in [-0.15, -0.1) is 0 Å². The summed E-state index contributed by atoms with van der Waals surface area (Å²) in [4.78, 5) is 33.2. The second-order valence-corrected chi connectivity index (χ2v) is 4.28. The SMILES string of the molecule is Cc1ccc(F)c(C(=O)N[C@@H](CCC(=O)O)C(=O)O)c1. The number of carboxylic acid groups (broad SMARTS) is 2. The summed E-state index contributed by atoms with van der Waals surface area (Å²) in [5.41, 5.74) is 0.375. The van der Waals surface area contributed by atoms with E-state index >= 15 is 0 Å². The number of amides is 1. The minimum atomic E-state index is -1.38. The highest BCUT2D eigenvalue weighted by atomic mass is 19.1. The van der Waals surface area contributed by atoms with Gasteiger partial charge in [0.1, 0.15) is 11.9 Å². The van der Waals surface area contributed by atoms with Crippen molar-refractivity contribution in [3.05, 3.63) is 35.1 Å². The van der Waals surface area contributed by atoms with E-state index in [1.165, 1.54) is 12.1 Å². The highest BCUT2D eigenvalue weighted by Gasteiger charge is 2.23. The van der Waals surface area contributed by atoms with E-state index in [1.807, 2.05) is 0 Å². The van der Waals surface area contributed by atoms with Gasteiger partial charge in [0.25, 0.3) is 5.91 Å². The van der Waals surface area contributed by atoms with Crippen molar-refractivity contribution in [1.29, 1.82) is 0 Å². The van der Waals surface area contributed by atoms with Crippen LogP contribution in [0.2, 0.25) is 0 Å². The van der Waals surface area contributed by atoms with Crippen LogP contribution in [0.4, 0.5) is 4.39 Å². The molecule has 0 aromatic heterocycles.